The van der Waals surface area contributed by atoms with Crippen LogP contribution in [0.1, 0.15) is 27.2 Å². The summed E-state index contributed by atoms with van der Waals surface area (Å²) < 4.78 is 0. The van der Waals surface area contributed by atoms with Crippen LogP contribution in [0.25, 0.3) is 0 Å². The minimum atomic E-state index is -0.0747. The van der Waals surface area contributed by atoms with Gasteiger partial charge in [0.05, 0.1) is 6.20 Å². The van der Waals surface area contributed by atoms with Gasteiger partial charge in [0.2, 0.25) is 5.78 Å². The van der Waals surface area contributed by atoms with E-state index in [-0.39, 0.29) is 5.78 Å². The highest BCUT2D eigenvalue weighted by Crippen LogP contribution is 2.13. The number of rotatable bonds is 2. The van der Waals surface area contributed by atoms with Gasteiger partial charge in [-0.1, -0.05) is 30.3 Å². The molecule has 0 atom stereocenters. The lowest BCUT2D eigenvalue weighted by molar-refractivity contribution is 0.103. The van der Waals surface area contributed by atoms with Crippen molar-refractivity contribution in [2.24, 2.45) is 0 Å². The lowest BCUT2D eigenvalue weighted by atomic mass is 10.0. The molecular weight excluding hydrogens is 200 g/mol. The van der Waals surface area contributed by atoms with E-state index in [1.807, 2.05) is 32.0 Å². The molecule has 0 fully saturated rings. The number of hydrogen-bond acceptors (Lipinski definition) is 3. The van der Waals surface area contributed by atoms with Crippen LogP contribution in [0.5, 0.6) is 0 Å². The molecule has 0 aliphatic rings. The topological polar surface area (TPSA) is 42.9 Å². The molecule has 2 rings (SSSR count). The van der Waals surface area contributed by atoms with E-state index in [1.54, 1.807) is 18.3 Å². The van der Waals surface area contributed by atoms with E-state index in [0.29, 0.717) is 11.3 Å². The Hall–Kier alpha value is -2.03. The zero-order valence-electron chi connectivity index (χ0n) is 9.27. The fourth-order valence-electron chi connectivity index (χ4n) is 1.47. The van der Waals surface area contributed by atoms with E-state index in [0.717, 1.165) is 11.1 Å². The van der Waals surface area contributed by atoms with Crippen LogP contribution >= 0.6 is 0 Å². The third kappa shape index (κ3) is 1.84. The van der Waals surface area contributed by atoms with Crippen molar-refractivity contribution in [3.8, 4) is 0 Å². The van der Waals surface area contributed by atoms with Crippen LogP contribution in [0.4, 0.5) is 0 Å². The van der Waals surface area contributed by atoms with E-state index in [1.165, 1.54) is 0 Å². The first kappa shape index (κ1) is 10.5. The molecule has 1 aromatic carbocycles. The second kappa shape index (κ2) is 4.23. The number of benzene rings is 1. The normalized spacial score (nSPS) is 10.1. The lowest BCUT2D eigenvalue weighted by Crippen LogP contribution is -2.08. The van der Waals surface area contributed by atoms with Crippen molar-refractivity contribution in [2.45, 2.75) is 13.8 Å². The third-order valence-electron chi connectivity index (χ3n) is 2.61. The molecule has 3 heteroatoms. The monoisotopic (exact) mass is 212 g/mol. The summed E-state index contributed by atoms with van der Waals surface area (Å²) in [6.07, 6.45) is 1.66. The Morgan fingerprint density at radius 3 is 2.50 bits per heavy atom. The summed E-state index contributed by atoms with van der Waals surface area (Å²) in [6, 6.07) is 9.13. The van der Waals surface area contributed by atoms with Crippen molar-refractivity contribution >= 4 is 5.78 Å². The summed E-state index contributed by atoms with van der Waals surface area (Å²) >= 11 is 0. The Bertz CT molecular complexity index is 521. The van der Waals surface area contributed by atoms with Gasteiger partial charge in [0, 0.05) is 5.56 Å². The minimum absolute atomic E-state index is 0.0747. The zero-order chi connectivity index (χ0) is 11.5. The minimum Gasteiger partial charge on any atom is -0.287 e. The lowest BCUT2D eigenvalue weighted by Gasteiger charge is -2.04. The van der Waals surface area contributed by atoms with Gasteiger partial charge in [0.15, 0.2) is 0 Å². The molecule has 1 heterocycles. The SMILES string of the molecule is Cc1cnnc(C(=O)c2ccccc2)c1C. The molecule has 0 radical (unpaired) electrons. The summed E-state index contributed by atoms with van der Waals surface area (Å²) in [5.41, 5.74) is 2.95. The Morgan fingerprint density at radius 1 is 1.12 bits per heavy atom. The van der Waals surface area contributed by atoms with Crippen molar-refractivity contribution in [2.75, 3.05) is 0 Å². The van der Waals surface area contributed by atoms with Gasteiger partial charge in [-0.2, -0.15) is 5.10 Å². The Balaban J connectivity index is 2.46. The van der Waals surface area contributed by atoms with Crippen LogP contribution in [0.15, 0.2) is 36.5 Å². The zero-order valence-corrected chi connectivity index (χ0v) is 9.27. The van der Waals surface area contributed by atoms with Crippen LogP contribution in [0.3, 0.4) is 0 Å². The molecule has 80 valence electrons. The van der Waals surface area contributed by atoms with E-state index in [9.17, 15) is 4.79 Å². The maximum atomic E-state index is 12.1. The summed E-state index contributed by atoms with van der Waals surface area (Å²) in [7, 11) is 0. The molecule has 0 amide bonds. The van der Waals surface area contributed by atoms with Gasteiger partial charge in [-0.15, -0.1) is 5.10 Å². The van der Waals surface area contributed by atoms with Gasteiger partial charge >= 0.3 is 0 Å². The quantitative estimate of drug-likeness (QED) is 0.717. The third-order valence-corrected chi connectivity index (χ3v) is 2.61. The van der Waals surface area contributed by atoms with Gasteiger partial charge in [0.25, 0.3) is 0 Å². The number of aromatic nitrogens is 2. The van der Waals surface area contributed by atoms with Gasteiger partial charge in [-0.25, -0.2) is 0 Å². The van der Waals surface area contributed by atoms with Gasteiger partial charge in [0.1, 0.15) is 5.69 Å². The van der Waals surface area contributed by atoms with E-state index in [2.05, 4.69) is 10.2 Å². The van der Waals surface area contributed by atoms with Crippen molar-refractivity contribution in [3.63, 3.8) is 0 Å². The first-order chi connectivity index (χ1) is 7.70. The van der Waals surface area contributed by atoms with Gasteiger partial charge in [-0.3, -0.25) is 4.79 Å². The van der Waals surface area contributed by atoms with E-state index >= 15 is 0 Å². The number of carbonyl (C=O) groups is 1. The maximum absolute atomic E-state index is 12.1. The number of aryl methyl sites for hydroxylation is 1. The number of hydrogen-bond donors (Lipinski definition) is 0. The second-order valence-corrected chi connectivity index (χ2v) is 3.70. The molecule has 0 unspecified atom stereocenters. The van der Waals surface area contributed by atoms with Crippen LogP contribution in [0.2, 0.25) is 0 Å². The van der Waals surface area contributed by atoms with Crippen LogP contribution in [-0.4, -0.2) is 16.0 Å². The number of carbonyl (C=O) groups excluding carboxylic acids is 1. The standard InChI is InChI=1S/C13H12N2O/c1-9-8-14-15-12(10(9)2)13(16)11-6-4-3-5-7-11/h3-8H,1-2H3. The highest BCUT2D eigenvalue weighted by atomic mass is 16.1. The molecule has 0 aliphatic heterocycles. The van der Waals surface area contributed by atoms with Gasteiger partial charge < -0.3 is 0 Å². The van der Waals surface area contributed by atoms with E-state index in [4.69, 9.17) is 0 Å². The smallest absolute Gasteiger partial charge is 0.213 e. The Labute approximate surface area is 94.2 Å². The molecule has 1 aromatic heterocycles. The van der Waals surface area contributed by atoms with E-state index < -0.39 is 0 Å². The van der Waals surface area contributed by atoms with Crippen molar-refractivity contribution in [3.05, 3.63) is 58.9 Å². The first-order valence-electron chi connectivity index (χ1n) is 5.09. The molecule has 0 bridgehead atoms. The molecule has 0 aliphatic carbocycles. The molecule has 16 heavy (non-hydrogen) atoms. The average molecular weight is 212 g/mol. The summed E-state index contributed by atoms with van der Waals surface area (Å²) in [6.45, 7) is 3.81. The summed E-state index contributed by atoms with van der Waals surface area (Å²) in [5, 5.41) is 7.74. The predicted octanol–water partition coefficient (Wildman–Crippen LogP) is 2.32. The molecule has 0 saturated carbocycles. The number of ketones is 1. The molecule has 2 aromatic rings. The fourth-order valence-corrected chi connectivity index (χ4v) is 1.47. The highest BCUT2D eigenvalue weighted by Gasteiger charge is 2.14. The molecule has 0 spiro atoms. The van der Waals surface area contributed by atoms with Crippen LogP contribution in [-0.2, 0) is 0 Å². The Kier molecular flexibility index (Phi) is 2.77. The van der Waals surface area contributed by atoms with Gasteiger partial charge in [-0.05, 0) is 25.0 Å². The maximum Gasteiger partial charge on any atom is 0.213 e. The van der Waals surface area contributed by atoms with Crippen LogP contribution in [0, 0.1) is 13.8 Å². The van der Waals surface area contributed by atoms with Crippen LogP contribution < -0.4 is 0 Å². The first-order valence-corrected chi connectivity index (χ1v) is 5.09. The Morgan fingerprint density at radius 2 is 1.81 bits per heavy atom. The molecular formula is C13H12N2O. The van der Waals surface area contributed by atoms with Crippen molar-refractivity contribution < 1.29 is 4.79 Å². The highest BCUT2D eigenvalue weighted by molar-refractivity contribution is 6.08. The average Bonchev–Trinajstić information content (AvgIpc) is 2.33. The molecule has 0 N–H and O–H groups in total. The molecule has 0 saturated heterocycles. The largest absolute Gasteiger partial charge is 0.287 e. The summed E-state index contributed by atoms with van der Waals surface area (Å²) in [5.74, 6) is -0.0747. The predicted molar refractivity (Wildman–Crippen MR) is 61.4 cm³/mol. The summed E-state index contributed by atoms with van der Waals surface area (Å²) in [4.78, 5) is 12.1. The molecule has 3 nitrogen and oxygen atoms in total. The fraction of sp³-hybridized carbons (Fsp3) is 0.154. The second-order valence-electron chi connectivity index (χ2n) is 3.70. The van der Waals surface area contributed by atoms with Crippen molar-refractivity contribution in [1.82, 2.24) is 10.2 Å². The van der Waals surface area contributed by atoms with Crippen molar-refractivity contribution in [1.29, 1.82) is 0 Å². The number of nitrogens with zero attached hydrogens (tertiary/aromatic N) is 2.